The minimum atomic E-state index is -0.519. The third kappa shape index (κ3) is 3.15. The minimum absolute atomic E-state index is 0.427. The third-order valence-electron chi connectivity index (χ3n) is 2.33. The number of nitrogens with one attached hydrogen (secondary N) is 2. The summed E-state index contributed by atoms with van der Waals surface area (Å²) in [5, 5.41) is 19.8. The van der Waals surface area contributed by atoms with E-state index >= 15 is 0 Å². The van der Waals surface area contributed by atoms with Gasteiger partial charge in [-0.15, -0.1) is 0 Å². The highest BCUT2D eigenvalue weighted by molar-refractivity contribution is 7.07. The van der Waals surface area contributed by atoms with Crippen LogP contribution in [0.15, 0.2) is 29.2 Å². The van der Waals surface area contributed by atoms with E-state index in [1.807, 2.05) is 16.8 Å². The Morgan fingerprint density at radius 2 is 2.24 bits per heavy atom. The fourth-order valence-electron chi connectivity index (χ4n) is 1.37. The van der Waals surface area contributed by atoms with Gasteiger partial charge in [-0.25, -0.2) is 9.97 Å². The molecule has 0 radical (unpaired) electrons. The molecule has 0 spiro atoms. The van der Waals surface area contributed by atoms with Gasteiger partial charge in [0.1, 0.15) is 18.0 Å². The van der Waals surface area contributed by atoms with Crippen LogP contribution in [0.4, 0.5) is 11.6 Å². The summed E-state index contributed by atoms with van der Waals surface area (Å²) in [5.41, 5.74) is 0.922. The molecule has 2 rings (SSSR count). The number of aliphatic hydroxyl groups excluding tert-OH is 1. The molecule has 0 saturated carbocycles. The zero-order chi connectivity index (χ0) is 12.1. The second-order valence-corrected chi connectivity index (χ2v) is 4.27. The average molecular weight is 250 g/mol. The number of rotatable bonds is 5. The predicted octanol–water partition coefficient (Wildman–Crippen LogP) is 1.73. The van der Waals surface area contributed by atoms with Crippen molar-refractivity contribution in [2.24, 2.45) is 0 Å². The molecule has 2 heterocycles. The van der Waals surface area contributed by atoms with Crippen LogP contribution in [0, 0.1) is 0 Å². The summed E-state index contributed by atoms with van der Waals surface area (Å²) in [6.07, 6.45) is 0.958. The minimum Gasteiger partial charge on any atom is -0.387 e. The lowest BCUT2D eigenvalue weighted by atomic mass is 10.2. The highest BCUT2D eigenvalue weighted by Gasteiger charge is 2.07. The maximum atomic E-state index is 9.88. The summed E-state index contributed by atoms with van der Waals surface area (Å²) >= 11 is 1.57. The van der Waals surface area contributed by atoms with Crippen molar-refractivity contribution in [2.45, 2.75) is 6.10 Å². The van der Waals surface area contributed by atoms with E-state index in [1.165, 1.54) is 6.33 Å². The van der Waals surface area contributed by atoms with E-state index in [-0.39, 0.29) is 0 Å². The molecule has 0 fully saturated rings. The largest absolute Gasteiger partial charge is 0.387 e. The first-order valence-electron chi connectivity index (χ1n) is 5.23. The molecule has 0 bridgehead atoms. The predicted molar refractivity (Wildman–Crippen MR) is 69.3 cm³/mol. The van der Waals surface area contributed by atoms with Gasteiger partial charge >= 0.3 is 0 Å². The molecule has 0 aliphatic rings. The molecule has 6 heteroatoms. The van der Waals surface area contributed by atoms with Crippen molar-refractivity contribution < 1.29 is 5.11 Å². The van der Waals surface area contributed by atoms with Crippen LogP contribution in [0.5, 0.6) is 0 Å². The van der Waals surface area contributed by atoms with Crippen molar-refractivity contribution in [3.63, 3.8) is 0 Å². The van der Waals surface area contributed by atoms with Crippen molar-refractivity contribution in [1.82, 2.24) is 9.97 Å². The van der Waals surface area contributed by atoms with Crippen molar-refractivity contribution in [2.75, 3.05) is 24.2 Å². The molecule has 3 N–H and O–H groups in total. The second kappa shape index (κ2) is 5.60. The Kier molecular flexibility index (Phi) is 3.89. The standard InChI is InChI=1S/C11H14N4OS/c1-12-10-4-11(15-7-14-10)13-5-9(16)8-2-3-17-6-8/h2-4,6-7,9,16H,5H2,1H3,(H2,12,13,14,15). The van der Waals surface area contributed by atoms with E-state index < -0.39 is 6.10 Å². The van der Waals surface area contributed by atoms with Crippen LogP contribution in [0.1, 0.15) is 11.7 Å². The van der Waals surface area contributed by atoms with Crippen LogP contribution in [0.3, 0.4) is 0 Å². The fourth-order valence-corrected chi connectivity index (χ4v) is 2.08. The first kappa shape index (κ1) is 11.8. The second-order valence-electron chi connectivity index (χ2n) is 3.49. The first-order chi connectivity index (χ1) is 8.29. The molecule has 0 aliphatic heterocycles. The van der Waals surface area contributed by atoms with E-state index in [0.29, 0.717) is 12.4 Å². The van der Waals surface area contributed by atoms with Crippen LogP contribution < -0.4 is 10.6 Å². The molecule has 17 heavy (non-hydrogen) atoms. The van der Waals surface area contributed by atoms with Gasteiger partial charge in [0.25, 0.3) is 0 Å². The van der Waals surface area contributed by atoms with Gasteiger partial charge in [0.05, 0.1) is 6.10 Å². The summed E-state index contributed by atoms with van der Waals surface area (Å²) in [4.78, 5) is 8.08. The van der Waals surface area contributed by atoms with Crippen LogP contribution in [0.2, 0.25) is 0 Å². The van der Waals surface area contributed by atoms with Crippen molar-refractivity contribution in [3.05, 3.63) is 34.8 Å². The van der Waals surface area contributed by atoms with Gasteiger partial charge in [-0.3, -0.25) is 0 Å². The van der Waals surface area contributed by atoms with Crippen LogP contribution in [0.25, 0.3) is 0 Å². The van der Waals surface area contributed by atoms with E-state index in [4.69, 9.17) is 0 Å². The summed E-state index contributed by atoms with van der Waals surface area (Å²) in [6.45, 7) is 0.427. The Morgan fingerprint density at radius 1 is 1.41 bits per heavy atom. The topological polar surface area (TPSA) is 70.1 Å². The van der Waals surface area contributed by atoms with Crippen molar-refractivity contribution in [1.29, 1.82) is 0 Å². The Balaban J connectivity index is 1.93. The van der Waals surface area contributed by atoms with Crippen molar-refractivity contribution in [3.8, 4) is 0 Å². The Labute approximate surface area is 104 Å². The number of hydrogen-bond donors (Lipinski definition) is 3. The maximum Gasteiger partial charge on any atom is 0.131 e. The molecule has 0 aromatic carbocycles. The summed E-state index contributed by atoms with van der Waals surface area (Å²) < 4.78 is 0. The normalized spacial score (nSPS) is 12.1. The monoisotopic (exact) mass is 250 g/mol. The van der Waals surface area contributed by atoms with Gasteiger partial charge in [0.2, 0.25) is 0 Å². The van der Waals surface area contributed by atoms with Gasteiger partial charge in [-0.05, 0) is 22.4 Å². The van der Waals surface area contributed by atoms with Crippen LogP contribution >= 0.6 is 11.3 Å². The van der Waals surface area contributed by atoms with Gasteiger partial charge in [-0.1, -0.05) is 0 Å². The number of hydrogen-bond acceptors (Lipinski definition) is 6. The van der Waals surface area contributed by atoms with E-state index in [2.05, 4.69) is 20.6 Å². The molecule has 1 unspecified atom stereocenters. The van der Waals surface area contributed by atoms with Crippen LogP contribution in [-0.2, 0) is 0 Å². The fraction of sp³-hybridized carbons (Fsp3) is 0.273. The quantitative estimate of drug-likeness (QED) is 0.754. The maximum absolute atomic E-state index is 9.88. The van der Waals surface area contributed by atoms with Gasteiger partial charge in [0, 0.05) is 19.7 Å². The number of nitrogens with zero attached hydrogens (tertiary/aromatic N) is 2. The number of aliphatic hydroxyl groups is 1. The average Bonchev–Trinajstić information content (AvgIpc) is 2.90. The molecule has 1 atom stereocenters. The molecule has 5 nitrogen and oxygen atoms in total. The Morgan fingerprint density at radius 3 is 2.94 bits per heavy atom. The van der Waals surface area contributed by atoms with Crippen molar-refractivity contribution >= 4 is 23.0 Å². The summed E-state index contributed by atoms with van der Waals surface area (Å²) in [6, 6.07) is 3.70. The molecular weight excluding hydrogens is 236 g/mol. The Hall–Kier alpha value is -1.66. The van der Waals surface area contributed by atoms with E-state index in [9.17, 15) is 5.11 Å². The zero-order valence-corrected chi connectivity index (χ0v) is 10.2. The summed E-state index contributed by atoms with van der Waals surface area (Å²) in [7, 11) is 1.80. The number of thiophene rings is 1. The lowest BCUT2D eigenvalue weighted by Gasteiger charge is -2.11. The molecule has 0 saturated heterocycles. The van der Waals surface area contributed by atoms with E-state index in [0.717, 1.165) is 11.4 Å². The smallest absolute Gasteiger partial charge is 0.131 e. The van der Waals surface area contributed by atoms with Gasteiger partial charge in [0.15, 0.2) is 0 Å². The lowest BCUT2D eigenvalue weighted by molar-refractivity contribution is 0.192. The van der Waals surface area contributed by atoms with Gasteiger partial charge < -0.3 is 15.7 Å². The number of anilines is 2. The number of aromatic nitrogens is 2. The van der Waals surface area contributed by atoms with Crippen LogP contribution in [-0.4, -0.2) is 28.7 Å². The SMILES string of the molecule is CNc1cc(NCC(O)c2ccsc2)ncn1. The Bertz CT molecular complexity index is 460. The van der Waals surface area contributed by atoms with E-state index in [1.54, 1.807) is 24.5 Å². The molecule has 0 amide bonds. The third-order valence-corrected chi connectivity index (χ3v) is 3.03. The van der Waals surface area contributed by atoms with Gasteiger partial charge in [-0.2, -0.15) is 11.3 Å². The first-order valence-corrected chi connectivity index (χ1v) is 6.17. The molecular formula is C11H14N4OS. The molecule has 0 aliphatic carbocycles. The lowest BCUT2D eigenvalue weighted by Crippen LogP contribution is -2.12. The zero-order valence-electron chi connectivity index (χ0n) is 9.42. The highest BCUT2D eigenvalue weighted by atomic mass is 32.1. The highest BCUT2D eigenvalue weighted by Crippen LogP contribution is 2.17. The molecule has 90 valence electrons. The molecule has 2 aromatic rings. The molecule has 2 aromatic heterocycles. The summed E-state index contributed by atoms with van der Waals surface area (Å²) in [5.74, 6) is 1.44.